The fourth-order valence-corrected chi connectivity index (χ4v) is 8.42. The molecule has 0 aromatic heterocycles. The number of aryl methyl sites for hydroxylation is 2. The van der Waals surface area contributed by atoms with Crippen LogP contribution in [0.1, 0.15) is 73.9 Å². The van der Waals surface area contributed by atoms with Crippen LogP contribution in [0.5, 0.6) is 0 Å². The molecule has 1 N–H and O–H groups in total. The first-order chi connectivity index (χ1) is 32.4. The molecule has 1 aliphatic rings. The Morgan fingerprint density at radius 3 is 1.76 bits per heavy atom. The highest BCUT2D eigenvalue weighted by Crippen LogP contribution is 2.39. The summed E-state index contributed by atoms with van der Waals surface area (Å²) in [7, 11) is 0. The molecular formula is C64H62N2. The third kappa shape index (κ3) is 11.5. The summed E-state index contributed by atoms with van der Waals surface area (Å²) in [5, 5.41) is 3.58. The number of hydrogen-bond donors (Lipinski definition) is 1. The number of nitrogens with one attached hydrogen (secondary N) is 1. The molecule has 0 heterocycles. The zero-order valence-electron chi connectivity index (χ0n) is 39.2. The second kappa shape index (κ2) is 23.3. The van der Waals surface area contributed by atoms with Crippen LogP contribution < -0.4 is 10.2 Å². The Balaban J connectivity index is 0.000000858. The highest BCUT2D eigenvalue weighted by molar-refractivity contribution is 5.86. The van der Waals surface area contributed by atoms with Gasteiger partial charge in [0.15, 0.2) is 0 Å². The van der Waals surface area contributed by atoms with Crippen LogP contribution >= 0.6 is 0 Å². The van der Waals surface area contributed by atoms with E-state index in [1.54, 1.807) is 6.08 Å². The van der Waals surface area contributed by atoms with Crippen LogP contribution in [-0.4, -0.2) is 0 Å². The predicted molar refractivity (Wildman–Crippen MR) is 290 cm³/mol. The van der Waals surface area contributed by atoms with Crippen LogP contribution in [0.4, 0.5) is 28.4 Å². The van der Waals surface area contributed by atoms with Gasteiger partial charge in [-0.15, -0.1) is 0 Å². The lowest BCUT2D eigenvalue weighted by Gasteiger charge is -2.26. The van der Waals surface area contributed by atoms with Crippen molar-refractivity contribution in [1.82, 2.24) is 0 Å². The first kappa shape index (κ1) is 46.3. The summed E-state index contributed by atoms with van der Waals surface area (Å²) in [6, 6.07) is 59.8. The molecule has 0 radical (unpaired) electrons. The van der Waals surface area contributed by atoms with Crippen LogP contribution in [0.2, 0.25) is 0 Å². The van der Waals surface area contributed by atoms with Crippen LogP contribution in [0, 0.1) is 6.92 Å². The molecule has 0 aliphatic heterocycles. The maximum absolute atomic E-state index is 3.58. The average molecular weight is 859 g/mol. The van der Waals surface area contributed by atoms with Crippen molar-refractivity contribution >= 4 is 45.7 Å². The van der Waals surface area contributed by atoms with Crippen molar-refractivity contribution in [2.24, 2.45) is 0 Å². The summed E-state index contributed by atoms with van der Waals surface area (Å²) in [5.74, 6) is 0. The number of rotatable bonds is 14. The standard InChI is InChI=1S/C57H52N2.C7H10/c1-5-8-15-42(7-3)43-21-31-49(32-22-43)58-50-33-23-44(24-34-50)45-25-35-51(36-26-45)59(52-37-27-47(28-38-52)55-19-11-14-41(4)54(55)13-6-2)53-39-29-48(30-40-53)57-20-12-17-46-16-9-10-18-56(46)57;1-3-5-7-6-4-2/h6-11,13-16,18-40,58H,5,12,17H2,1-4H3;3-7H,1H2,2H3/b13-6-,15-8-,42-7+;6-4-,7-5-. The predicted octanol–water partition coefficient (Wildman–Crippen LogP) is 18.6. The molecule has 0 saturated heterocycles. The monoisotopic (exact) mass is 858 g/mol. The molecule has 328 valence electrons. The summed E-state index contributed by atoms with van der Waals surface area (Å²) in [5.41, 5.74) is 20.6. The maximum Gasteiger partial charge on any atom is 0.0462 e. The molecule has 8 rings (SSSR count). The van der Waals surface area contributed by atoms with Gasteiger partial charge in [0, 0.05) is 28.4 Å². The molecule has 7 aromatic rings. The molecule has 1 aliphatic carbocycles. The van der Waals surface area contributed by atoms with Gasteiger partial charge in [-0.2, -0.15) is 0 Å². The van der Waals surface area contributed by atoms with Gasteiger partial charge >= 0.3 is 0 Å². The van der Waals surface area contributed by atoms with E-state index in [0.717, 1.165) is 47.7 Å². The fraction of sp³-hybridized carbons (Fsp3) is 0.125. The molecule has 2 heteroatoms. The van der Waals surface area contributed by atoms with Crippen molar-refractivity contribution < 1.29 is 0 Å². The van der Waals surface area contributed by atoms with Gasteiger partial charge in [-0.05, 0) is 174 Å². The first-order valence-electron chi connectivity index (χ1n) is 23.3. The molecule has 0 saturated carbocycles. The molecule has 0 bridgehead atoms. The SMILES string of the molecule is C/C=C\c1c(C)cccc1-c1ccc(N(c2ccc(C3=CCCc4ccccc43)cc2)c2ccc(-c3ccc(Nc4ccc(C(/C=C\CC)=C/C)cc4)cc3)cc2)cc1.C=C/C=C\C=C/C. The van der Waals surface area contributed by atoms with Gasteiger partial charge in [-0.25, -0.2) is 0 Å². The third-order valence-corrected chi connectivity index (χ3v) is 11.8. The van der Waals surface area contributed by atoms with Gasteiger partial charge in [-0.1, -0.05) is 183 Å². The minimum Gasteiger partial charge on any atom is -0.356 e. The lowest BCUT2D eigenvalue weighted by atomic mass is 9.87. The Morgan fingerprint density at radius 2 is 1.17 bits per heavy atom. The van der Waals surface area contributed by atoms with E-state index in [-0.39, 0.29) is 0 Å². The van der Waals surface area contributed by atoms with Gasteiger partial charge < -0.3 is 10.2 Å². The Morgan fingerprint density at radius 1 is 0.591 bits per heavy atom. The van der Waals surface area contributed by atoms with E-state index < -0.39 is 0 Å². The maximum atomic E-state index is 3.58. The topological polar surface area (TPSA) is 15.3 Å². The minimum absolute atomic E-state index is 1.03. The van der Waals surface area contributed by atoms with Crippen LogP contribution in [0.25, 0.3) is 39.5 Å². The lowest BCUT2D eigenvalue weighted by molar-refractivity contribution is 0.978. The van der Waals surface area contributed by atoms with Gasteiger partial charge in [0.25, 0.3) is 0 Å². The second-order valence-electron chi connectivity index (χ2n) is 16.3. The van der Waals surface area contributed by atoms with Gasteiger partial charge in [0.05, 0.1) is 0 Å². The Labute approximate surface area is 394 Å². The normalized spacial score (nSPS) is 12.6. The van der Waals surface area contributed by atoms with Crippen molar-refractivity contribution in [2.75, 3.05) is 10.2 Å². The Hall–Kier alpha value is -7.68. The number of anilines is 5. The zero-order chi connectivity index (χ0) is 46.1. The number of benzene rings is 7. The smallest absolute Gasteiger partial charge is 0.0462 e. The Kier molecular flexibility index (Phi) is 16.4. The fourth-order valence-electron chi connectivity index (χ4n) is 8.42. The molecule has 7 aromatic carbocycles. The van der Waals surface area contributed by atoms with Crippen molar-refractivity contribution in [1.29, 1.82) is 0 Å². The van der Waals surface area contributed by atoms with E-state index in [0.29, 0.717) is 0 Å². The van der Waals surface area contributed by atoms with Crippen LogP contribution in [0.15, 0.2) is 231 Å². The van der Waals surface area contributed by atoms with E-state index >= 15 is 0 Å². The highest BCUT2D eigenvalue weighted by atomic mass is 15.1. The summed E-state index contributed by atoms with van der Waals surface area (Å²) < 4.78 is 0. The summed E-state index contributed by atoms with van der Waals surface area (Å²) >= 11 is 0. The van der Waals surface area contributed by atoms with E-state index in [9.17, 15) is 0 Å². The molecule has 0 amide bonds. The number of hydrogen-bond acceptors (Lipinski definition) is 2. The second-order valence-corrected chi connectivity index (χ2v) is 16.3. The summed E-state index contributed by atoms with van der Waals surface area (Å²) in [4.78, 5) is 2.36. The third-order valence-electron chi connectivity index (χ3n) is 11.8. The van der Waals surface area contributed by atoms with E-state index in [1.165, 1.54) is 66.8 Å². The molecular weight excluding hydrogens is 797 g/mol. The molecule has 66 heavy (non-hydrogen) atoms. The van der Waals surface area contributed by atoms with Crippen molar-refractivity contribution in [3.8, 4) is 22.3 Å². The van der Waals surface area contributed by atoms with E-state index in [2.05, 4.69) is 245 Å². The largest absolute Gasteiger partial charge is 0.356 e. The minimum atomic E-state index is 1.03. The number of fused-ring (bicyclic) bond motifs is 1. The molecule has 0 unspecified atom stereocenters. The Bertz CT molecular complexity index is 2860. The molecule has 0 atom stereocenters. The first-order valence-corrected chi connectivity index (χ1v) is 23.3. The summed E-state index contributed by atoms with van der Waals surface area (Å²) in [6.45, 7) is 14.0. The van der Waals surface area contributed by atoms with Crippen molar-refractivity contribution in [2.45, 2.75) is 53.9 Å². The zero-order valence-corrected chi connectivity index (χ0v) is 39.2. The van der Waals surface area contributed by atoms with Crippen molar-refractivity contribution in [3.63, 3.8) is 0 Å². The van der Waals surface area contributed by atoms with Gasteiger partial charge in [0.1, 0.15) is 0 Å². The quantitative estimate of drug-likeness (QED) is 0.110. The number of allylic oxidation sites excluding steroid dienone is 11. The molecule has 0 spiro atoms. The average Bonchev–Trinajstić information content (AvgIpc) is 3.36. The summed E-state index contributed by atoms with van der Waals surface area (Å²) in [6.07, 6.45) is 26.0. The number of nitrogens with zero attached hydrogens (tertiary/aromatic N) is 1. The van der Waals surface area contributed by atoms with Gasteiger partial charge in [-0.3, -0.25) is 0 Å². The lowest BCUT2D eigenvalue weighted by Crippen LogP contribution is -2.10. The van der Waals surface area contributed by atoms with Crippen LogP contribution in [0.3, 0.4) is 0 Å². The van der Waals surface area contributed by atoms with Crippen molar-refractivity contribution in [3.05, 3.63) is 265 Å². The van der Waals surface area contributed by atoms with Crippen LogP contribution in [-0.2, 0) is 6.42 Å². The highest BCUT2D eigenvalue weighted by Gasteiger charge is 2.17. The van der Waals surface area contributed by atoms with E-state index in [1.807, 2.05) is 31.2 Å². The van der Waals surface area contributed by atoms with Gasteiger partial charge in [0.2, 0.25) is 0 Å². The van der Waals surface area contributed by atoms with E-state index in [4.69, 9.17) is 0 Å². The molecule has 0 fully saturated rings. The molecule has 2 nitrogen and oxygen atoms in total.